The molecule has 0 atom stereocenters. The van der Waals surface area contributed by atoms with Gasteiger partial charge in [0.15, 0.2) is 0 Å². The number of halogens is 1. The lowest BCUT2D eigenvalue weighted by Gasteiger charge is -2.17. The zero-order valence-electron chi connectivity index (χ0n) is 14.3. The highest BCUT2D eigenvalue weighted by molar-refractivity contribution is 7.92. The van der Waals surface area contributed by atoms with Gasteiger partial charge in [-0.25, -0.2) is 12.8 Å². The van der Waals surface area contributed by atoms with Crippen LogP contribution in [0.25, 0.3) is 0 Å². The van der Waals surface area contributed by atoms with Crippen LogP contribution in [0.5, 0.6) is 0 Å². The molecule has 0 saturated carbocycles. The third kappa shape index (κ3) is 3.75. The number of nitro benzene ring substituents is 1. The average molecular weight is 393 g/mol. The first-order valence-electron chi connectivity index (χ1n) is 8.07. The predicted octanol–water partition coefficient (Wildman–Crippen LogP) is 2.97. The van der Waals surface area contributed by atoms with Crippen molar-refractivity contribution in [2.45, 2.75) is 24.7 Å². The number of rotatable bonds is 5. The fraction of sp³-hybridized carbons (Fsp3) is 0.235. The largest absolute Gasteiger partial charge is 0.312 e. The number of nitrogens with zero attached hydrogens (tertiary/aromatic N) is 2. The molecule has 0 spiro atoms. The van der Waals surface area contributed by atoms with E-state index < -0.39 is 31.3 Å². The van der Waals surface area contributed by atoms with E-state index >= 15 is 0 Å². The molecule has 1 heterocycles. The smallest absolute Gasteiger partial charge is 0.273 e. The molecule has 1 aliphatic heterocycles. The molecule has 3 rings (SSSR count). The van der Waals surface area contributed by atoms with E-state index in [1.807, 2.05) is 0 Å². The Bertz CT molecular complexity index is 1040. The van der Waals surface area contributed by atoms with E-state index in [0.717, 1.165) is 6.07 Å². The molecule has 8 nitrogen and oxygen atoms in total. The zero-order chi connectivity index (χ0) is 19.8. The lowest BCUT2D eigenvalue weighted by molar-refractivity contribution is -0.385. The molecule has 0 aromatic heterocycles. The van der Waals surface area contributed by atoms with Crippen LogP contribution in [0.15, 0.2) is 41.3 Å². The summed E-state index contributed by atoms with van der Waals surface area (Å²) in [6, 6.07) is 7.64. The van der Waals surface area contributed by atoms with E-state index in [9.17, 15) is 27.7 Å². The molecule has 2 aromatic rings. The maximum absolute atomic E-state index is 14.2. The van der Waals surface area contributed by atoms with Crippen molar-refractivity contribution < 1.29 is 22.5 Å². The SMILES string of the molecule is Cc1cc(F)c(S(=O)(=O)Nc2cccc(N3CCCC3=O)c2)cc1[N+](=O)[O-]. The maximum Gasteiger partial charge on any atom is 0.273 e. The summed E-state index contributed by atoms with van der Waals surface area (Å²) in [5.74, 6) is -1.15. The fourth-order valence-electron chi connectivity index (χ4n) is 2.91. The maximum atomic E-state index is 14.2. The molecule has 0 bridgehead atoms. The van der Waals surface area contributed by atoms with Crippen LogP contribution < -0.4 is 9.62 Å². The second-order valence-electron chi connectivity index (χ2n) is 6.13. The van der Waals surface area contributed by atoms with E-state index in [1.165, 1.54) is 24.0 Å². The van der Waals surface area contributed by atoms with Crippen molar-refractivity contribution in [3.8, 4) is 0 Å². The van der Waals surface area contributed by atoms with Gasteiger partial charge in [-0.05, 0) is 37.6 Å². The summed E-state index contributed by atoms with van der Waals surface area (Å²) in [4.78, 5) is 22.8. The van der Waals surface area contributed by atoms with Crippen LogP contribution in [0.2, 0.25) is 0 Å². The molecule has 0 unspecified atom stereocenters. The van der Waals surface area contributed by atoms with E-state index in [4.69, 9.17) is 0 Å². The highest BCUT2D eigenvalue weighted by atomic mass is 32.2. The number of hydrogen-bond donors (Lipinski definition) is 1. The first-order valence-corrected chi connectivity index (χ1v) is 9.55. The number of carbonyl (C=O) groups is 1. The second-order valence-corrected chi connectivity index (χ2v) is 7.78. The van der Waals surface area contributed by atoms with Crippen molar-refractivity contribution in [3.05, 3.63) is 57.9 Å². The molecule has 1 saturated heterocycles. The highest BCUT2D eigenvalue weighted by Crippen LogP contribution is 2.29. The first-order chi connectivity index (χ1) is 12.7. The molecular weight excluding hydrogens is 377 g/mol. The van der Waals surface area contributed by atoms with Crippen LogP contribution in [0.3, 0.4) is 0 Å². The number of aryl methyl sites for hydroxylation is 1. The van der Waals surface area contributed by atoms with Gasteiger partial charge < -0.3 is 4.90 Å². The average Bonchev–Trinajstić information content (AvgIpc) is 3.00. The Balaban J connectivity index is 1.95. The molecule has 1 amide bonds. The number of sulfonamides is 1. The molecule has 142 valence electrons. The Labute approximate surface area is 154 Å². The topological polar surface area (TPSA) is 110 Å². The Morgan fingerprint density at radius 1 is 1.26 bits per heavy atom. The lowest BCUT2D eigenvalue weighted by atomic mass is 10.2. The van der Waals surface area contributed by atoms with Gasteiger partial charge in [-0.15, -0.1) is 0 Å². The molecule has 27 heavy (non-hydrogen) atoms. The van der Waals surface area contributed by atoms with Gasteiger partial charge in [-0.1, -0.05) is 6.07 Å². The Morgan fingerprint density at radius 2 is 2.00 bits per heavy atom. The second kappa shape index (κ2) is 6.95. The fourth-order valence-corrected chi connectivity index (χ4v) is 4.04. The minimum atomic E-state index is -4.40. The van der Waals surface area contributed by atoms with Crippen LogP contribution in [0.4, 0.5) is 21.5 Å². The van der Waals surface area contributed by atoms with E-state index in [-0.39, 0.29) is 17.2 Å². The summed E-state index contributed by atoms with van der Waals surface area (Å²) in [6.07, 6.45) is 1.14. The zero-order valence-corrected chi connectivity index (χ0v) is 15.1. The van der Waals surface area contributed by atoms with Gasteiger partial charge in [0.1, 0.15) is 10.7 Å². The summed E-state index contributed by atoms with van der Waals surface area (Å²) in [6.45, 7) is 1.86. The van der Waals surface area contributed by atoms with E-state index in [2.05, 4.69) is 4.72 Å². The number of carbonyl (C=O) groups excluding carboxylic acids is 1. The monoisotopic (exact) mass is 393 g/mol. The van der Waals surface area contributed by atoms with Gasteiger partial charge >= 0.3 is 0 Å². The van der Waals surface area contributed by atoms with E-state index in [1.54, 1.807) is 12.1 Å². The predicted molar refractivity (Wildman–Crippen MR) is 96.6 cm³/mol. The standard InChI is InChI=1S/C17H16FN3O5S/c1-11-8-14(18)16(10-15(11)21(23)24)27(25,26)19-12-4-2-5-13(9-12)20-7-3-6-17(20)22/h2,4-5,8-10,19H,3,6-7H2,1H3. The number of benzene rings is 2. The summed E-state index contributed by atoms with van der Waals surface area (Å²) in [5, 5.41) is 11.0. The number of nitro groups is 1. The van der Waals surface area contributed by atoms with Crippen molar-refractivity contribution in [1.29, 1.82) is 0 Å². The minimum absolute atomic E-state index is 0.0194. The molecule has 10 heteroatoms. The third-order valence-electron chi connectivity index (χ3n) is 4.22. The van der Waals surface area contributed by atoms with Crippen molar-refractivity contribution in [2.75, 3.05) is 16.2 Å². The molecule has 2 aromatic carbocycles. The van der Waals surface area contributed by atoms with Crippen molar-refractivity contribution in [2.24, 2.45) is 0 Å². The minimum Gasteiger partial charge on any atom is -0.312 e. The molecular formula is C17H16FN3O5S. The molecule has 1 N–H and O–H groups in total. The normalized spacial score (nSPS) is 14.4. The lowest BCUT2D eigenvalue weighted by Crippen LogP contribution is -2.23. The van der Waals surface area contributed by atoms with Crippen molar-refractivity contribution >= 4 is 33.0 Å². The molecule has 0 aliphatic carbocycles. The number of amides is 1. The first kappa shape index (κ1) is 18.8. The molecule has 1 fully saturated rings. The molecule has 1 aliphatic rings. The van der Waals surface area contributed by atoms with Gasteiger partial charge in [-0.2, -0.15) is 0 Å². The van der Waals surface area contributed by atoms with Crippen LogP contribution in [0, 0.1) is 22.9 Å². The van der Waals surface area contributed by atoms with Gasteiger partial charge in [-0.3, -0.25) is 19.6 Å². The Kier molecular flexibility index (Phi) is 4.83. The van der Waals surface area contributed by atoms with Crippen LogP contribution in [0.1, 0.15) is 18.4 Å². The Hall–Kier alpha value is -3.01. The van der Waals surface area contributed by atoms with Crippen LogP contribution in [-0.4, -0.2) is 25.8 Å². The quantitative estimate of drug-likeness (QED) is 0.620. The Morgan fingerprint density at radius 3 is 2.63 bits per heavy atom. The van der Waals surface area contributed by atoms with Crippen LogP contribution in [-0.2, 0) is 14.8 Å². The number of nitrogens with one attached hydrogen (secondary N) is 1. The van der Waals surface area contributed by atoms with Gasteiger partial charge in [0.25, 0.3) is 15.7 Å². The van der Waals surface area contributed by atoms with E-state index in [0.29, 0.717) is 31.1 Å². The summed E-state index contributed by atoms with van der Waals surface area (Å²) >= 11 is 0. The van der Waals surface area contributed by atoms with Crippen LogP contribution >= 0.6 is 0 Å². The third-order valence-corrected chi connectivity index (χ3v) is 5.62. The van der Waals surface area contributed by atoms with Gasteiger partial charge in [0.05, 0.1) is 10.6 Å². The molecule has 0 radical (unpaired) electrons. The summed E-state index contributed by atoms with van der Waals surface area (Å²) < 4.78 is 41.5. The number of anilines is 2. The highest BCUT2D eigenvalue weighted by Gasteiger charge is 2.26. The van der Waals surface area contributed by atoms with Gasteiger partial charge in [0.2, 0.25) is 5.91 Å². The van der Waals surface area contributed by atoms with Crippen molar-refractivity contribution in [3.63, 3.8) is 0 Å². The summed E-state index contributed by atoms with van der Waals surface area (Å²) in [5.41, 5.74) is 0.169. The van der Waals surface area contributed by atoms with Crippen molar-refractivity contribution in [1.82, 2.24) is 0 Å². The number of hydrogen-bond acceptors (Lipinski definition) is 5. The summed E-state index contributed by atoms with van der Waals surface area (Å²) in [7, 11) is -4.40. The van der Waals surface area contributed by atoms with Gasteiger partial charge in [0, 0.05) is 30.3 Å².